The van der Waals surface area contributed by atoms with Crippen molar-refractivity contribution in [1.29, 1.82) is 0 Å². The lowest BCUT2D eigenvalue weighted by molar-refractivity contribution is 0.0369. The minimum Gasteiger partial charge on any atom is -0.485 e. The highest BCUT2D eigenvalue weighted by atomic mass is 32.1. The summed E-state index contributed by atoms with van der Waals surface area (Å²) in [5, 5.41) is 7.28. The Morgan fingerprint density at radius 1 is 1.13 bits per heavy atom. The molecule has 0 spiro atoms. The maximum absolute atomic E-state index is 6.00. The second-order valence-electron chi connectivity index (χ2n) is 7.64. The predicted octanol–water partition coefficient (Wildman–Crippen LogP) is 4.12. The van der Waals surface area contributed by atoms with Crippen molar-refractivity contribution in [1.82, 2.24) is 19.7 Å². The molecule has 1 aliphatic rings. The Balaban J connectivity index is 1.38. The van der Waals surface area contributed by atoms with Crippen molar-refractivity contribution < 1.29 is 13.9 Å². The van der Waals surface area contributed by atoms with Gasteiger partial charge < -0.3 is 13.9 Å². The molecule has 3 aromatic rings. The molecule has 0 amide bonds. The van der Waals surface area contributed by atoms with Gasteiger partial charge in [0.25, 0.3) is 0 Å². The molecule has 0 atom stereocenters. The van der Waals surface area contributed by atoms with Crippen LogP contribution in [0.4, 0.5) is 0 Å². The van der Waals surface area contributed by atoms with Crippen LogP contribution in [-0.4, -0.2) is 52.5 Å². The van der Waals surface area contributed by atoms with Crippen LogP contribution >= 0.6 is 12.2 Å². The van der Waals surface area contributed by atoms with Gasteiger partial charge in [-0.3, -0.25) is 14.6 Å². The van der Waals surface area contributed by atoms with E-state index in [9.17, 15) is 0 Å². The summed E-state index contributed by atoms with van der Waals surface area (Å²) in [4.78, 5) is 2.42. The van der Waals surface area contributed by atoms with Gasteiger partial charge in [-0.15, -0.1) is 0 Å². The van der Waals surface area contributed by atoms with Gasteiger partial charge in [0.05, 0.1) is 13.2 Å². The molecule has 1 aromatic carbocycles. The molecule has 160 valence electrons. The van der Waals surface area contributed by atoms with Gasteiger partial charge in [-0.2, -0.15) is 5.10 Å². The molecule has 0 radical (unpaired) electrons. The normalized spacial score (nSPS) is 14.9. The number of rotatable bonds is 8. The highest BCUT2D eigenvalue weighted by Gasteiger charge is 2.15. The number of benzene rings is 1. The molecule has 1 fully saturated rings. The molecule has 4 rings (SSSR count). The summed E-state index contributed by atoms with van der Waals surface area (Å²) in [7, 11) is 0. The van der Waals surface area contributed by atoms with Gasteiger partial charge in [-0.1, -0.05) is 17.7 Å². The quantitative estimate of drug-likeness (QED) is 0.545. The third kappa shape index (κ3) is 5.00. The van der Waals surface area contributed by atoms with E-state index in [-0.39, 0.29) is 0 Å². The zero-order valence-electron chi connectivity index (χ0n) is 17.5. The first-order valence-electron chi connectivity index (χ1n) is 10.3. The Hall–Kier alpha value is -2.42. The molecule has 0 saturated carbocycles. The number of aromatic amines is 1. The summed E-state index contributed by atoms with van der Waals surface area (Å²) >= 11 is 5.43. The van der Waals surface area contributed by atoms with Gasteiger partial charge in [0.1, 0.15) is 18.1 Å². The zero-order valence-corrected chi connectivity index (χ0v) is 18.3. The third-order valence-corrected chi connectivity index (χ3v) is 5.61. The number of aromatic nitrogens is 3. The summed E-state index contributed by atoms with van der Waals surface area (Å²) in [5.74, 6) is 3.02. The van der Waals surface area contributed by atoms with Crippen LogP contribution in [0.5, 0.6) is 5.75 Å². The number of hydrogen-bond donors (Lipinski definition) is 1. The van der Waals surface area contributed by atoms with E-state index in [1.165, 1.54) is 5.56 Å². The van der Waals surface area contributed by atoms with Gasteiger partial charge in [0.15, 0.2) is 16.4 Å². The summed E-state index contributed by atoms with van der Waals surface area (Å²) in [5.41, 5.74) is 2.33. The molecule has 1 saturated heterocycles. The minimum atomic E-state index is 0.367. The van der Waals surface area contributed by atoms with Gasteiger partial charge in [-0.05, 0) is 56.2 Å². The fraction of sp³-hybridized carbons (Fsp3) is 0.455. The first kappa shape index (κ1) is 20.8. The summed E-state index contributed by atoms with van der Waals surface area (Å²) in [6, 6.07) is 10.00. The van der Waals surface area contributed by atoms with Crippen molar-refractivity contribution in [2.45, 2.75) is 33.4 Å². The second kappa shape index (κ2) is 9.59. The van der Waals surface area contributed by atoms with E-state index in [2.05, 4.69) is 28.1 Å². The number of hydrogen-bond acceptors (Lipinski definition) is 6. The Morgan fingerprint density at radius 2 is 1.97 bits per heavy atom. The van der Waals surface area contributed by atoms with E-state index in [4.69, 9.17) is 26.1 Å². The molecule has 0 aliphatic carbocycles. The monoisotopic (exact) mass is 428 g/mol. The Morgan fingerprint density at radius 3 is 2.77 bits per heavy atom. The van der Waals surface area contributed by atoms with E-state index < -0.39 is 0 Å². The average Bonchev–Trinajstić information content (AvgIpc) is 3.35. The molecule has 1 N–H and O–H groups in total. The maximum Gasteiger partial charge on any atom is 0.198 e. The smallest absolute Gasteiger partial charge is 0.198 e. The fourth-order valence-corrected chi connectivity index (χ4v) is 3.90. The summed E-state index contributed by atoms with van der Waals surface area (Å²) < 4.78 is 20.0. The van der Waals surface area contributed by atoms with Crippen LogP contribution in [0.25, 0.3) is 11.6 Å². The van der Waals surface area contributed by atoms with Crippen molar-refractivity contribution in [2.24, 2.45) is 0 Å². The first-order valence-corrected chi connectivity index (χ1v) is 10.8. The lowest BCUT2D eigenvalue weighted by Gasteiger charge is -2.26. The fourth-order valence-electron chi connectivity index (χ4n) is 3.68. The standard InChI is InChI=1S/C22H28N4O3S/c1-16-4-6-19(17(2)14-16)28-15-18-5-7-20(29-18)21-23-24-22(30)26(21)9-3-8-25-10-12-27-13-11-25/h4-7,14H,3,8-13,15H2,1-2H3,(H,24,30). The Kier molecular flexibility index (Phi) is 6.66. The molecule has 0 unspecified atom stereocenters. The van der Waals surface area contributed by atoms with Gasteiger partial charge >= 0.3 is 0 Å². The van der Waals surface area contributed by atoms with Crippen LogP contribution in [-0.2, 0) is 17.9 Å². The van der Waals surface area contributed by atoms with Gasteiger partial charge in [0.2, 0.25) is 0 Å². The molecule has 1 aliphatic heterocycles. The third-order valence-electron chi connectivity index (χ3n) is 5.30. The molecular weight excluding hydrogens is 400 g/mol. The Labute approximate surface area is 181 Å². The van der Waals surface area contributed by atoms with Crippen LogP contribution in [0.2, 0.25) is 0 Å². The first-order chi connectivity index (χ1) is 14.6. The lowest BCUT2D eigenvalue weighted by atomic mass is 10.1. The van der Waals surface area contributed by atoms with Crippen molar-refractivity contribution in [3.05, 3.63) is 52.0 Å². The molecule has 2 aromatic heterocycles. The number of aryl methyl sites for hydroxylation is 2. The van der Waals surface area contributed by atoms with Crippen LogP contribution in [0.1, 0.15) is 23.3 Å². The highest BCUT2D eigenvalue weighted by molar-refractivity contribution is 7.71. The second-order valence-corrected chi connectivity index (χ2v) is 8.02. The number of nitrogens with one attached hydrogen (secondary N) is 1. The number of furan rings is 1. The predicted molar refractivity (Wildman–Crippen MR) is 117 cm³/mol. The van der Waals surface area contributed by atoms with Crippen LogP contribution in [0.15, 0.2) is 34.7 Å². The number of nitrogens with zero attached hydrogens (tertiary/aromatic N) is 3. The molecule has 8 heteroatoms. The van der Waals surface area contributed by atoms with E-state index >= 15 is 0 Å². The van der Waals surface area contributed by atoms with Crippen molar-refractivity contribution >= 4 is 12.2 Å². The lowest BCUT2D eigenvalue weighted by Crippen LogP contribution is -2.37. The van der Waals surface area contributed by atoms with Gasteiger partial charge in [-0.25, -0.2) is 0 Å². The van der Waals surface area contributed by atoms with E-state index in [0.717, 1.165) is 68.7 Å². The van der Waals surface area contributed by atoms with Crippen LogP contribution in [0, 0.1) is 18.6 Å². The van der Waals surface area contributed by atoms with Crippen LogP contribution < -0.4 is 4.74 Å². The van der Waals surface area contributed by atoms with Gasteiger partial charge in [0, 0.05) is 26.2 Å². The summed E-state index contributed by atoms with van der Waals surface area (Å²) in [6.07, 6.45) is 0.990. The molecule has 7 nitrogen and oxygen atoms in total. The maximum atomic E-state index is 6.00. The number of ether oxygens (including phenoxy) is 2. The van der Waals surface area contributed by atoms with Crippen molar-refractivity contribution in [3.63, 3.8) is 0 Å². The number of H-pyrrole nitrogens is 1. The zero-order chi connectivity index (χ0) is 20.9. The highest BCUT2D eigenvalue weighted by Crippen LogP contribution is 2.24. The summed E-state index contributed by atoms with van der Waals surface area (Å²) in [6.45, 7) is 9.91. The minimum absolute atomic E-state index is 0.367. The van der Waals surface area contributed by atoms with Crippen molar-refractivity contribution in [3.8, 4) is 17.3 Å². The SMILES string of the molecule is Cc1ccc(OCc2ccc(-c3n[nH]c(=S)n3CCCN3CCOCC3)o2)c(C)c1. The Bertz CT molecular complexity index is 1030. The van der Waals surface area contributed by atoms with Crippen LogP contribution in [0.3, 0.4) is 0 Å². The average molecular weight is 429 g/mol. The van der Waals surface area contributed by atoms with E-state index in [1.54, 1.807) is 0 Å². The van der Waals surface area contributed by atoms with E-state index in [1.807, 2.05) is 35.8 Å². The molecule has 30 heavy (non-hydrogen) atoms. The number of morpholine rings is 1. The topological polar surface area (TPSA) is 68.5 Å². The molecule has 3 heterocycles. The molecular formula is C22H28N4O3S. The van der Waals surface area contributed by atoms with E-state index in [0.29, 0.717) is 17.1 Å². The largest absolute Gasteiger partial charge is 0.485 e. The molecule has 0 bridgehead atoms. The van der Waals surface area contributed by atoms with Crippen molar-refractivity contribution in [2.75, 3.05) is 32.8 Å².